The highest BCUT2D eigenvalue weighted by Crippen LogP contribution is 2.14. The van der Waals surface area contributed by atoms with E-state index in [0.29, 0.717) is 6.54 Å². The molecule has 0 bridgehead atoms. The fourth-order valence-corrected chi connectivity index (χ4v) is 4.48. The Kier molecular flexibility index (Phi) is 4.77. The first-order valence-electron chi connectivity index (χ1n) is 6.24. The van der Waals surface area contributed by atoms with E-state index in [-0.39, 0.29) is 17.5 Å². The van der Waals surface area contributed by atoms with Gasteiger partial charge in [0.05, 0.1) is 11.5 Å². The second kappa shape index (κ2) is 6.14. The minimum absolute atomic E-state index is 0.112. The van der Waals surface area contributed by atoms with Crippen molar-refractivity contribution in [2.75, 3.05) is 24.6 Å². The van der Waals surface area contributed by atoms with Crippen LogP contribution in [0.25, 0.3) is 0 Å². The van der Waals surface area contributed by atoms with Gasteiger partial charge in [0.2, 0.25) is 0 Å². The molecule has 18 heavy (non-hydrogen) atoms. The van der Waals surface area contributed by atoms with Gasteiger partial charge in [-0.3, -0.25) is 0 Å². The molecule has 1 fully saturated rings. The highest BCUT2D eigenvalue weighted by atomic mass is 32.2. The van der Waals surface area contributed by atoms with Crippen molar-refractivity contribution < 1.29 is 8.42 Å². The summed E-state index contributed by atoms with van der Waals surface area (Å²) in [5, 5.41) is 8.74. The molecule has 1 aromatic heterocycles. The minimum Gasteiger partial charge on any atom is -0.312 e. The number of rotatable bonds is 5. The first-order valence-corrected chi connectivity index (χ1v) is 8.94. The lowest BCUT2D eigenvalue weighted by Gasteiger charge is -2.23. The molecule has 2 N–H and O–H groups in total. The van der Waals surface area contributed by atoms with Gasteiger partial charge in [-0.15, -0.1) is 11.3 Å². The predicted molar refractivity (Wildman–Crippen MR) is 75.8 cm³/mol. The fraction of sp³-hybridized carbons (Fsp3) is 0.667. The van der Waals surface area contributed by atoms with Gasteiger partial charge in [0, 0.05) is 24.0 Å². The molecule has 6 heteroatoms. The Bertz CT molecular complexity index is 482. The third-order valence-corrected chi connectivity index (χ3v) is 5.98. The SMILES string of the molecule is Cc1ccsc1CNCCC1CS(=O)(=O)CCN1. The molecule has 2 rings (SSSR count). The molecule has 1 unspecified atom stereocenters. The van der Waals surface area contributed by atoms with Gasteiger partial charge in [0.1, 0.15) is 0 Å². The molecular weight excluding hydrogens is 268 g/mol. The molecule has 0 radical (unpaired) electrons. The average Bonchev–Trinajstić information content (AvgIpc) is 2.69. The Balaban J connectivity index is 1.68. The van der Waals surface area contributed by atoms with E-state index in [0.717, 1.165) is 19.5 Å². The largest absolute Gasteiger partial charge is 0.312 e. The summed E-state index contributed by atoms with van der Waals surface area (Å²) in [6.07, 6.45) is 0.865. The van der Waals surface area contributed by atoms with Crippen LogP contribution in [0.2, 0.25) is 0 Å². The van der Waals surface area contributed by atoms with Crippen LogP contribution in [0, 0.1) is 6.92 Å². The van der Waals surface area contributed by atoms with Crippen molar-refractivity contribution in [3.8, 4) is 0 Å². The van der Waals surface area contributed by atoms with Gasteiger partial charge in [-0.25, -0.2) is 8.42 Å². The molecule has 1 aromatic rings. The van der Waals surface area contributed by atoms with E-state index < -0.39 is 9.84 Å². The smallest absolute Gasteiger partial charge is 0.153 e. The van der Waals surface area contributed by atoms with Gasteiger partial charge in [-0.05, 0) is 36.9 Å². The maximum absolute atomic E-state index is 11.5. The summed E-state index contributed by atoms with van der Waals surface area (Å²) < 4.78 is 22.9. The van der Waals surface area contributed by atoms with E-state index in [1.165, 1.54) is 10.4 Å². The Morgan fingerprint density at radius 3 is 3.06 bits per heavy atom. The third-order valence-electron chi connectivity index (χ3n) is 3.22. The van der Waals surface area contributed by atoms with Crippen LogP contribution in [-0.4, -0.2) is 39.1 Å². The summed E-state index contributed by atoms with van der Waals surface area (Å²) in [7, 11) is -2.81. The standard InChI is InChI=1S/C12H20N2O2S2/c1-10-3-6-17-12(10)8-13-4-2-11-9-18(15,16)7-5-14-11/h3,6,11,13-14H,2,4-5,7-9H2,1H3. The molecule has 0 amide bonds. The first kappa shape index (κ1) is 14.0. The lowest BCUT2D eigenvalue weighted by Crippen LogP contribution is -2.46. The van der Waals surface area contributed by atoms with Crippen molar-refractivity contribution in [1.82, 2.24) is 10.6 Å². The molecule has 0 spiro atoms. The number of hydrogen-bond acceptors (Lipinski definition) is 5. The normalized spacial score (nSPS) is 23.1. The van der Waals surface area contributed by atoms with Crippen LogP contribution in [0.1, 0.15) is 16.9 Å². The van der Waals surface area contributed by atoms with Gasteiger partial charge >= 0.3 is 0 Å². The molecule has 4 nitrogen and oxygen atoms in total. The van der Waals surface area contributed by atoms with Crippen molar-refractivity contribution >= 4 is 21.2 Å². The fourth-order valence-electron chi connectivity index (χ4n) is 2.12. The molecule has 1 aliphatic rings. The number of thiophene rings is 1. The Labute approximate surface area is 113 Å². The van der Waals surface area contributed by atoms with Crippen LogP contribution >= 0.6 is 11.3 Å². The molecule has 0 saturated carbocycles. The molecule has 1 aliphatic heterocycles. The highest BCUT2D eigenvalue weighted by Gasteiger charge is 2.23. The average molecular weight is 288 g/mol. The van der Waals surface area contributed by atoms with Crippen molar-refractivity contribution in [3.63, 3.8) is 0 Å². The summed E-state index contributed by atoms with van der Waals surface area (Å²) >= 11 is 1.76. The van der Waals surface area contributed by atoms with E-state index in [9.17, 15) is 8.42 Å². The van der Waals surface area contributed by atoms with E-state index >= 15 is 0 Å². The first-order chi connectivity index (χ1) is 8.57. The van der Waals surface area contributed by atoms with E-state index in [2.05, 4.69) is 29.0 Å². The molecule has 0 aromatic carbocycles. The van der Waals surface area contributed by atoms with Gasteiger partial charge < -0.3 is 10.6 Å². The number of hydrogen-bond donors (Lipinski definition) is 2. The van der Waals surface area contributed by atoms with Gasteiger partial charge in [-0.2, -0.15) is 0 Å². The minimum atomic E-state index is -2.81. The Morgan fingerprint density at radius 2 is 2.39 bits per heavy atom. The van der Waals surface area contributed by atoms with Gasteiger partial charge in [-0.1, -0.05) is 0 Å². The van der Waals surface area contributed by atoms with Crippen LogP contribution < -0.4 is 10.6 Å². The maximum Gasteiger partial charge on any atom is 0.153 e. The highest BCUT2D eigenvalue weighted by molar-refractivity contribution is 7.91. The van der Waals surface area contributed by atoms with Crippen molar-refractivity contribution in [3.05, 3.63) is 21.9 Å². The lowest BCUT2D eigenvalue weighted by atomic mass is 10.2. The molecule has 1 saturated heterocycles. The Hall–Kier alpha value is -0.430. The zero-order valence-electron chi connectivity index (χ0n) is 10.6. The van der Waals surface area contributed by atoms with E-state index in [1.54, 1.807) is 11.3 Å². The summed E-state index contributed by atoms with van der Waals surface area (Å²) in [6.45, 7) is 4.44. The van der Waals surface area contributed by atoms with Crippen LogP contribution in [0.5, 0.6) is 0 Å². The van der Waals surface area contributed by atoms with Crippen LogP contribution in [0.4, 0.5) is 0 Å². The topological polar surface area (TPSA) is 58.2 Å². The second-order valence-electron chi connectivity index (χ2n) is 4.76. The molecule has 102 valence electrons. The Morgan fingerprint density at radius 1 is 1.56 bits per heavy atom. The van der Waals surface area contributed by atoms with Gasteiger partial charge in [0.25, 0.3) is 0 Å². The number of sulfone groups is 1. The van der Waals surface area contributed by atoms with Crippen molar-refractivity contribution in [2.24, 2.45) is 0 Å². The number of aryl methyl sites for hydroxylation is 1. The van der Waals surface area contributed by atoms with Crippen LogP contribution in [0.15, 0.2) is 11.4 Å². The van der Waals surface area contributed by atoms with E-state index in [1.807, 2.05) is 0 Å². The summed E-state index contributed by atoms with van der Waals surface area (Å²) in [5.74, 6) is 0.567. The molecule has 2 heterocycles. The number of nitrogens with one attached hydrogen (secondary N) is 2. The second-order valence-corrected chi connectivity index (χ2v) is 7.99. The third kappa shape index (κ3) is 4.05. The predicted octanol–water partition coefficient (Wildman–Crippen LogP) is 0.923. The molecule has 0 aliphatic carbocycles. The zero-order valence-corrected chi connectivity index (χ0v) is 12.2. The molecular formula is C12H20N2O2S2. The van der Waals surface area contributed by atoms with Crippen LogP contribution in [-0.2, 0) is 16.4 Å². The monoisotopic (exact) mass is 288 g/mol. The molecule has 1 atom stereocenters. The maximum atomic E-state index is 11.5. The summed E-state index contributed by atoms with van der Waals surface area (Å²) in [5.41, 5.74) is 1.32. The summed E-state index contributed by atoms with van der Waals surface area (Å²) in [6, 6.07) is 2.23. The van der Waals surface area contributed by atoms with Gasteiger partial charge in [0.15, 0.2) is 9.84 Å². The van der Waals surface area contributed by atoms with E-state index in [4.69, 9.17) is 0 Å². The van der Waals surface area contributed by atoms with Crippen LogP contribution in [0.3, 0.4) is 0 Å². The zero-order chi connectivity index (χ0) is 13.0. The lowest BCUT2D eigenvalue weighted by molar-refractivity contribution is 0.479. The summed E-state index contributed by atoms with van der Waals surface area (Å²) in [4.78, 5) is 1.36. The van der Waals surface area contributed by atoms with Crippen molar-refractivity contribution in [2.45, 2.75) is 25.9 Å². The van der Waals surface area contributed by atoms with Crippen molar-refractivity contribution in [1.29, 1.82) is 0 Å². The quantitative estimate of drug-likeness (QED) is 0.791.